The van der Waals surface area contributed by atoms with E-state index in [0.717, 1.165) is 43.9 Å². The smallest absolute Gasteiger partial charge is 0.194 e. The summed E-state index contributed by atoms with van der Waals surface area (Å²) in [6.45, 7) is 0.632. The molecule has 1 aliphatic carbocycles. The Kier molecular flexibility index (Phi) is 3.06. The van der Waals surface area contributed by atoms with Crippen molar-refractivity contribution in [2.45, 2.75) is 6.54 Å². The Bertz CT molecular complexity index is 1140. The zero-order chi connectivity index (χ0) is 17.0. The Labute approximate surface area is 149 Å². The maximum Gasteiger partial charge on any atom is 0.194 e. The molecule has 0 N–H and O–H groups in total. The minimum Gasteiger partial charge on any atom is -0.289 e. The lowest BCUT2D eigenvalue weighted by atomic mass is 9.87. The highest BCUT2D eigenvalue weighted by Crippen LogP contribution is 2.38. The maximum absolute atomic E-state index is 12.8. The summed E-state index contributed by atoms with van der Waals surface area (Å²) in [6, 6.07) is 21.3. The van der Waals surface area contributed by atoms with Crippen LogP contribution < -0.4 is 0 Å². The lowest BCUT2D eigenvalue weighted by molar-refractivity contribution is 0.104. The van der Waals surface area contributed by atoms with E-state index >= 15 is 0 Å². The standard InChI is InChI=1S/C21H13ClN2O/c22-14-10-8-13(9-11-14)12-24-18-7-3-6-17-19(18)20(23-24)15-4-1-2-5-16(15)21(17)25/h1-11H,12H2. The zero-order valence-electron chi connectivity index (χ0n) is 13.2. The van der Waals surface area contributed by atoms with Crippen LogP contribution in [0.15, 0.2) is 66.7 Å². The summed E-state index contributed by atoms with van der Waals surface area (Å²) in [6.07, 6.45) is 0. The largest absolute Gasteiger partial charge is 0.289 e. The van der Waals surface area contributed by atoms with Gasteiger partial charge in [-0.25, -0.2) is 0 Å². The van der Waals surface area contributed by atoms with Crippen molar-refractivity contribution in [1.29, 1.82) is 0 Å². The van der Waals surface area contributed by atoms with Crippen LogP contribution in [-0.2, 0) is 6.54 Å². The van der Waals surface area contributed by atoms with Crippen LogP contribution in [0.2, 0.25) is 5.02 Å². The van der Waals surface area contributed by atoms with Gasteiger partial charge in [0, 0.05) is 27.1 Å². The SMILES string of the molecule is O=C1c2ccccc2-c2nn(Cc3ccc(Cl)cc3)c3cccc1c23. The fourth-order valence-electron chi connectivity index (χ4n) is 3.52. The Balaban J connectivity index is 1.75. The van der Waals surface area contributed by atoms with E-state index in [1.54, 1.807) is 0 Å². The molecule has 3 nitrogen and oxygen atoms in total. The second-order valence-corrected chi connectivity index (χ2v) is 6.64. The molecule has 1 aliphatic rings. The van der Waals surface area contributed by atoms with Crippen molar-refractivity contribution < 1.29 is 4.79 Å². The van der Waals surface area contributed by atoms with Gasteiger partial charge in [0.05, 0.1) is 12.1 Å². The number of fused-ring (bicyclic) bond motifs is 2. The van der Waals surface area contributed by atoms with E-state index in [9.17, 15) is 4.79 Å². The average Bonchev–Trinajstić information content (AvgIpc) is 3.01. The average molecular weight is 345 g/mol. The second kappa shape index (κ2) is 5.30. The summed E-state index contributed by atoms with van der Waals surface area (Å²) in [5, 5.41) is 6.51. The lowest BCUT2D eigenvalue weighted by Crippen LogP contribution is -2.08. The first kappa shape index (κ1) is 14.4. The van der Waals surface area contributed by atoms with Gasteiger partial charge in [0.1, 0.15) is 5.69 Å². The second-order valence-electron chi connectivity index (χ2n) is 6.21. The zero-order valence-corrected chi connectivity index (χ0v) is 14.0. The van der Waals surface area contributed by atoms with Gasteiger partial charge in [-0.3, -0.25) is 9.48 Å². The molecule has 0 spiro atoms. The van der Waals surface area contributed by atoms with Crippen LogP contribution in [0.4, 0.5) is 0 Å². The van der Waals surface area contributed by atoms with Crippen LogP contribution in [0.1, 0.15) is 21.5 Å². The number of nitrogens with zero attached hydrogens (tertiary/aromatic N) is 2. The van der Waals surface area contributed by atoms with Crippen molar-refractivity contribution in [3.63, 3.8) is 0 Å². The number of hydrogen-bond acceptors (Lipinski definition) is 2. The van der Waals surface area contributed by atoms with E-state index in [-0.39, 0.29) is 5.78 Å². The lowest BCUT2D eigenvalue weighted by Gasteiger charge is -2.13. The van der Waals surface area contributed by atoms with Gasteiger partial charge in [0.2, 0.25) is 0 Å². The predicted octanol–water partition coefficient (Wildman–Crippen LogP) is 4.95. The molecule has 0 saturated heterocycles. The number of benzene rings is 3. The van der Waals surface area contributed by atoms with Gasteiger partial charge >= 0.3 is 0 Å². The van der Waals surface area contributed by atoms with Crippen molar-refractivity contribution in [2.75, 3.05) is 0 Å². The molecule has 120 valence electrons. The molecular formula is C21H13ClN2O. The van der Waals surface area contributed by atoms with Crippen LogP contribution >= 0.6 is 11.6 Å². The Morgan fingerprint density at radius 3 is 2.36 bits per heavy atom. The van der Waals surface area contributed by atoms with Gasteiger partial charge in [-0.1, -0.05) is 60.1 Å². The first-order valence-corrected chi connectivity index (χ1v) is 8.48. The Morgan fingerprint density at radius 1 is 0.840 bits per heavy atom. The molecule has 0 unspecified atom stereocenters. The third-order valence-electron chi connectivity index (χ3n) is 4.70. The number of carbonyl (C=O) groups is 1. The number of halogens is 1. The molecule has 0 amide bonds. The van der Waals surface area contributed by atoms with Crippen molar-refractivity contribution in [3.8, 4) is 11.3 Å². The quantitative estimate of drug-likeness (QED) is 0.454. The summed E-state index contributed by atoms with van der Waals surface area (Å²) >= 11 is 5.98. The molecule has 1 heterocycles. The number of carbonyl (C=O) groups excluding carboxylic acids is 1. The summed E-state index contributed by atoms with van der Waals surface area (Å²) in [5.74, 6) is 0.0692. The Hall–Kier alpha value is -2.91. The first-order valence-electron chi connectivity index (χ1n) is 8.10. The van der Waals surface area contributed by atoms with Crippen molar-refractivity contribution in [1.82, 2.24) is 9.78 Å². The first-order chi connectivity index (χ1) is 12.2. The highest BCUT2D eigenvalue weighted by atomic mass is 35.5. The minimum absolute atomic E-state index is 0.0692. The molecular weight excluding hydrogens is 332 g/mol. The minimum atomic E-state index is 0.0692. The van der Waals surface area contributed by atoms with Crippen LogP contribution in [-0.4, -0.2) is 15.6 Å². The van der Waals surface area contributed by atoms with Crippen LogP contribution in [0.25, 0.3) is 22.2 Å². The van der Waals surface area contributed by atoms with Crippen LogP contribution in [0.3, 0.4) is 0 Å². The molecule has 5 rings (SSSR count). The Morgan fingerprint density at radius 2 is 1.56 bits per heavy atom. The van der Waals surface area contributed by atoms with Gasteiger partial charge in [0.15, 0.2) is 5.78 Å². The maximum atomic E-state index is 12.8. The monoisotopic (exact) mass is 344 g/mol. The third kappa shape index (κ3) is 2.13. The molecule has 1 aromatic heterocycles. The molecule has 0 radical (unpaired) electrons. The highest BCUT2D eigenvalue weighted by molar-refractivity contribution is 6.30. The van der Waals surface area contributed by atoms with E-state index in [0.29, 0.717) is 6.54 Å². The van der Waals surface area contributed by atoms with E-state index in [1.807, 2.05) is 71.4 Å². The van der Waals surface area contributed by atoms with Crippen LogP contribution in [0.5, 0.6) is 0 Å². The number of ketones is 1. The number of hydrogen-bond donors (Lipinski definition) is 0. The van der Waals surface area contributed by atoms with E-state index in [1.165, 1.54) is 0 Å². The van der Waals surface area contributed by atoms with E-state index < -0.39 is 0 Å². The fourth-order valence-corrected chi connectivity index (χ4v) is 3.65. The fraction of sp³-hybridized carbons (Fsp3) is 0.0476. The molecule has 0 saturated carbocycles. The van der Waals surface area contributed by atoms with Gasteiger partial charge < -0.3 is 0 Å². The molecule has 0 fully saturated rings. The summed E-state index contributed by atoms with van der Waals surface area (Å²) in [4.78, 5) is 12.8. The van der Waals surface area contributed by atoms with Crippen molar-refractivity contribution in [2.24, 2.45) is 0 Å². The molecule has 0 bridgehead atoms. The summed E-state index contributed by atoms with van der Waals surface area (Å²) in [7, 11) is 0. The summed E-state index contributed by atoms with van der Waals surface area (Å²) in [5.41, 5.74) is 5.34. The van der Waals surface area contributed by atoms with Gasteiger partial charge in [-0.15, -0.1) is 0 Å². The third-order valence-corrected chi connectivity index (χ3v) is 4.95. The molecule has 3 aromatic carbocycles. The van der Waals surface area contributed by atoms with Crippen LogP contribution in [0, 0.1) is 0 Å². The number of rotatable bonds is 2. The molecule has 0 aliphatic heterocycles. The van der Waals surface area contributed by atoms with Crippen molar-refractivity contribution >= 4 is 28.3 Å². The van der Waals surface area contributed by atoms with E-state index in [4.69, 9.17) is 16.7 Å². The number of aromatic nitrogens is 2. The van der Waals surface area contributed by atoms with Gasteiger partial charge in [-0.2, -0.15) is 5.10 Å². The molecule has 4 aromatic rings. The normalized spacial score (nSPS) is 12.4. The van der Waals surface area contributed by atoms with E-state index in [2.05, 4.69) is 0 Å². The molecule has 25 heavy (non-hydrogen) atoms. The topological polar surface area (TPSA) is 34.9 Å². The highest BCUT2D eigenvalue weighted by Gasteiger charge is 2.28. The van der Waals surface area contributed by atoms with Gasteiger partial charge in [-0.05, 0) is 23.8 Å². The predicted molar refractivity (Wildman–Crippen MR) is 99.2 cm³/mol. The molecule has 0 atom stereocenters. The van der Waals surface area contributed by atoms with Crippen molar-refractivity contribution in [3.05, 3.63) is 88.4 Å². The summed E-state index contributed by atoms with van der Waals surface area (Å²) < 4.78 is 1.97. The molecule has 4 heteroatoms. The van der Waals surface area contributed by atoms with Gasteiger partial charge in [0.25, 0.3) is 0 Å².